The van der Waals surface area contributed by atoms with Crippen LogP contribution in [0.5, 0.6) is 0 Å². The van der Waals surface area contributed by atoms with Gasteiger partial charge in [0.2, 0.25) is 0 Å². The molecule has 0 aliphatic heterocycles. The molecule has 18 heavy (non-hydrogen) atoms. The second-order valence-corrected chi connectivity index (χ2v) is 4.82. The minimum Gasteiger partial charge on any atom is -0.321 e. The zero-order valence-electron chi connectivity index (χ0n) is 11.0. The SMILES string of the molecule is CC(C)n1cnnc1[C@@H](N)CCc1ccccc1. The van der Waals surface area contributed by atoms with Gasteiger partial charge in [0, 0.05) is 6.04 Å². The van der Waals surface area contributed by atoms with Crippen LogP contribution >= 0.6 is 0 Å². The Labute approximate surface area is 108 Å². The monoisotopic (exact) mass is 244 g/mol. The van der Waals surface area contributed by atoms with E-state index in [1.165, 1.54) is 5.56 Å². The molecule has 2 N–H and O–H groups in total. The number of benzene rings is 1. The Morgan fingerprint density at radius 1 is 1.22 bits per heavy atom. The maximum atomic E-state index is 6.20. The van der Waals surface area contributed by atoms with Crippen molar-refractivity contribution in [3.05, 3.63) is 48.0 Å². The van der Waals surface area contributed by atoms with Crippen molar-refractivity contribution in [1.82, 2.24) is 14.8 Å². The quantitative estimate of drug-likeness (QED) is 0.879. The third-order valence-electron chi connectivity index (χ3n) is 3.08. The smallest absolute Gasteiger partial charge is 0.150 e. The second-order valence-electron chi connectivity index (χ2n) is 4.82. The van der Waals surface area contributed by atoms with Crippen molar-refractivity contribution >= 4 is 0 Å². The van der Waals surface area contributed by atoms with Crippen LogP contribution < -0.4 is 5.73 Å². The lowest BCUT2D eigenvalue weighted by Gasteiger charge is -2.15. The van der Waals surface area contributed by atoms with Crippen molar-refractivity contribution in [2.75, 3.05) is 0 Å². The molecule has 0 radical (unpaired) electrons. The molecule has 4 nitrogen and oxygen atoms in total. The van der Waals surface area contributed by atoms with Crippen LogP contribution in [0, 0.1) is 0 Å². The molecule has 4 heteroatoms. The van der Waals surface area contributed by atoms with Gasteiger partial charge in [-0.3, -0.25) is 0 Å². The molecular weight excluding hydrogens is 224 g/mol. The second kappa shape index (κ2) is 5.78. The highest BCUT2D eigenvalue weighted by atomic mass is 15.3. The average Bonchev–Trinajstić information content (AvgIpc) is 2.86. The van der Waals surface area contributed by atoms with Crippen LogP contribution in [0.2, 0.25) is 0 Å². The van der Waals surface area contributed by atoms with E-state index in [-0.39, 0.29) is 6.04 Å². The fourth-order valence-electron chi connectivity index (χ4n) is 2.01. The summed E-state index contributed by atoms with van der Waals surface area (Å²) in [7, 11) is 0. The number of aromatic nitrogens is 3. The number of rotatable bonds is 5. The first-order chi connectivity index (χ1) is 8.68. The normalized spacial score (nSPS) is 12.9. The van der Waals surface area contributed by atoms with Gasteiger partial charge in [-0.2, -0.15) is 0 Å². The molecule has 0 bridgehead atoms. The summed E-state index contributed by atoms with van der Waals surface area (Å²) < 4.78 is 2.04. The molecule has 0 amide bonds. The van der Waals surface area contributed by atoms with Gasteiger partial charge < -0.3 is 10.3 Å². The third kappa shape index (κ3) is 2.96. The molecular formula is C14H20N4. The Morgan fingerprint density at radius 3 is 2.61 bits per heavy atom. The summed E-state index contributed by atoms with van der Waals surface area (Å²) in [5.74, 6) is 0.876. The van der Waals surface area contributed by atoms with E-state index in [4.69, 9.17) is 5.73 Å². The maximum absolute atomic E-state index is 6.20. The Kier molecular flexibility index (Phi) is 4.10. The highest BCUT2D eigenvalue weighted by Crippen LogP contribution is 2.17. The van der Waals surface area contributed by atoms with Crippen LogP contribution in [0.25, 0.3) is 0 Å². The van der Waals surface area contributed by atoms with Crippen molar-refractivity contribution in [3.63, 3.8) is 0 Å². The van der Waals surface area contributed by atoms with Gasteiger partial charge in [-0.05, 0) is 32.3 Å². The van der Waals surface area contributed by atoms with E-state index >= 15 is 0 Å². The molecule has 0 fully saturated rings. The number of nitrogens with zero attached hydrogens (tertiary/aromatic N) is 3. The van der Waals surface area contributed by atoms with Crippen LogP contribution in [0.15, 0.2) is 36.7 Å². The van der Waals surface area contributed by atoms with Gasteiger partial charge in [-0.25, -0.2) is 0 Å². The van der Waals surface area contributed by atoms with Gasteiger partial charge in [-0.1, -0.05) is 30.3 Å². The standard InChI is InChI=1S/C14H20N4/c1-11(2)18-10-16-17-14(18)13(15)9-8-12-6-4-3-5-7-12/h3-7,10-11,13H,8-9,15H2,1-2H3/t13-/m0/s1. The van der Waals surface area contributed by atoms with Crippen molar-refractivity contribution in [1.29, 1.82) is 0 Å². The average molecular weight is 244 g/mol. The number of nitrogens with two attached hydrogens (primary N) is 1. The van der Waals surface area contributed by atoms with E-state index in [9.17, 15) is 0 Å². The lowest BCUT2D eigenvalue weighted by atomic mass is 10.1. The molecule has 0 saturated heterocycles. The van der Waals surface area contributed by atoms with Gasteiger partial charge in [0.05, 0.1) is 6.04 Å². The Hall–Kier alpha value is -1.68. The predicted molar refractivity (Wildman–Crippen MR) is 72.1 cm³/mol. The first-order valence-electron chi connectivity index (χ1n) is 6.37. The summed E-state index contributed by atoms with van der Waals surface area (Å²) in [6.07, 6.45) is 3.60. The Bertz CT molecular complexity index is 476. The number of aryl methyl sites for hydroxylation is 1. The van der Waals surface area contributed by atoms with Crippen LogP contribution in [0.4, 0.5) is 0 Å². The maximum Gasteiger partial charge on any atom is 0.150 e. The zero-order valence-corrected chi connectivity index (χ0v) is 11.0. The van der Waals surface area contributed by atoms with E-state index in [1.807, 2.05) is 10.6 Å². The zero-order chi connectivity index (χ0) is 13.0. The van der Waals surface area contributed by atoms with E-state index in [1.54, 1.807) is 6.33 Å². The molecule has 96 valence electrons. The van der Waals surface area contributed by atoms with Crippen molar-refractivity contribution in [2.24, 2.45) is 5.73 Å². The third-order valence-corrected chi connectivity index (χ3v) is 3.08. The van der Waals surface area contributed by atoms with Gasteiger partial charge in [0.15, 0.2) is 0 Å². The van der Waals surface area contributed by atoms with E-state index in [2.05, 4.69) is 48.3 Å². The minimum atomic E-state index is -0.0601. The van der Waals surface area contributed by atoms with Crippen molar-refractivity contribution < 1.29 is 0 Å². The van der Waals surface area contributed by atoms with Gasteiger partial charge in [-0.15, -0.1) is 10.2 Å². The fourth-order valence-corrected chi connectivity index (χ4v) is 2.01. The summed E-state index contributed by atoms with van der Waals surface area (Å²) in [6, 6.07) is 10.7. The molecule has 0 unspecified atom stereocenters. The molecule has 0 saturated carbocycles. The summed E-state index contributed by atoms with van der Waals surface area (Å²) in [5.41, 5.74) is 7.51. The first kappa shape index (κ1) is 12.8. The Morgan fingerprint density at radius 2 is 1.94 bits per heavy atom. The molecule has 2 aromatic rings. The van der Waals surface area contributed by atoms with Gasteiger partial charge >= 0.3 is 0 Å². The molecule has 1 aromatic heterocycles. The summed E-state index contributed by atoms with van der Waals surface area (Å²) >= 11 is 0. The van der Waals surface area contributed by atoms with E-state index in [0.717, 1.165) is 18.7 Å². The Balaban J connectivity index is 1.99. The molecule has 1 aromatic carbocycles. The lowest BCUT2D eigenvalue weighted by molar-refractivity contribution is 0.513. The summed E-state index contributed by atoms with van der Waals surface area (Å²) in [5, 5.41) is 8.09. The van der Waals surface area contributed by atoms with Crippen LogP contribution in [-0.4, -0.2) is 14.8 Å². The highest BCUT2D eigenvalue weighted by Gasteiger charge is 2.15. The summed E-state index contributed by atoms with van der Waals surface area (Å²) in [4.78, 5) is 0. The van der Waals surface area contributed by atoms with E-state index in [0.29, 0.717) is 6.04 Å². The van der Waals surface area contributed by atoms with Crippen LogP contribution in [0.1, 0.15) is 43.7 Å². The highest BCUT2D eigenvalue weighted by molar-refractivity contribution is 5.15. The summed E-state index contributed by atoms with van der Waals surface area (Å²) in [6.45, 7) is 4.22. The molecule has 2 rings (SSSR count). The van der Waals surface area contributed by atoms with Crippen molar-refractivity contribution in [3.8, 4) is 0 Å². The minimum absolute atomic E-state index is 0.0601. The molecule has 1 atom stereocenters. The first-order valence-corrected chi connectivity index (χ1v) is 6.37. The van der Waals surface area contributed by atoms with Gasteiger partial charge in [0.25, 0.3) is 0 Å². The largest absolute Gasteiger partial charge is 0.321 e. The number of hydrogen-bond acceptors (Lipinski definition) is 3. The molecule has 0 aliphatic carbocycles. The molecule has 1 heterocycles. The van der Waals surface area contributed by atoms with Crippen molar-refractivity contribution in [2.45, 2.75) is 38.8 Å². The number of hydrogen-bond donors (Lipinski definition) is 1. The topological polar surface area (TPSA) is 56.7 Å². The molecule has 0 spiro atoms. The van der Waals surface area contributed by atoms with Gasteiger partial charge in [0.1, 0.15) is 12.2 Å². The lowest BCUT2D eigenvalue weighted by Crippen LogP contribution is -2.18. The molecule has 0 aliphatic rings. The fraction of sp³-hybridized carbons (Fsp3) is 0.429. The van der Waals surface area contributed by atoms with Crippen LogP contribution in [0.3, 0.4) is 0 Å². The van der Waals surface area contributed by atoms with E-state index < -0.39 is 0 Å². The van der Waals surface area contributed by atoms with Crippen LogP contribution in [-0.2, 0) is 6.42 Å². The predicted octanol–water partition coefficient (Wildman–Crippen LogP) is 2.49.